The fourth-order valence-corrected chi connectivity index (χ4v) is 1.50. The van der Waals surface area contributed by atoms with Crippen molar-refractivity contribution in [2.45, 2.75) is 13.8 Å². The van der Waals surface area contributed by atoms with Crippen LogP contribution in [0.4, 0.5) is 0 Å². The number of benzene rings is 1. The van der Waals surface area contributed by atoms with Crippen LogP contribution in [0.25, 0.3) is 0 Å². The van der Waals surface area contributed by atoms with Gasteiger partial charge in [0.05, 0.1) is 0 Å². The minimum absolute atomic E-state index is 0.200. The molecule has 8 nitrogen and oxygen atoms in total. The van der Waals surface area contributed by atoms with E-state index in [0.29, 0.717) is 0 Å². The molecule has 0 amide bonds. The third kappa shape index (κ3) is 11.8. The minimum Gasteiger partial charge on any atom is -0.404 e. The molecule has 0 aliphatic heterocycles. The van der Waals surface area contributed by atoms with Crippen LogP contribution in [0.5, 0.6) is 5.75 Å². The van der Waals surface area contributed by atoms with Crippen molar-refractivity contribution < 1.29 is 38.1 Å². The quantitative estimate of drug-likeness (QED) is 0.505. The molecule has 0 aromatic heterocycles. The summed E-state index contributed by atoms with van der Waals surface area (Å²) in [6.45, 7) is 3.67. The van der Waals surface area contributed by atoms with Gasteiger partial charge in [0.25, 0.3) is 0 Å². The van der Waals surface area contributed by atoms with Gasteiger partial charge in [-0.05, 0) is 37.1 Å². The normalized spacial score (nSPS) is 11.5. The molecule has 1 aromatic carbocycles. The molecule has 5 N–H and O–H groups in total. The highest BCUT2D eigenvalue weighted by molar-refractivity contribution is 7.46. The van der Waals surface area contributed by atoms with E-state index >= 15 is 0 Å². The van der Waals surface area contributed by atoms with Gasteiger partial charge >= 0.3 is 15.6 Å². The standard InChI is InChI=1S/C8H11O4P.H3O4P/c1-6-3-7(2)5-8(4-6)12-13(9,10)11;1-5(2,3)4/h3-5H,1-2H3,(H2,9,10,11);(H3,1,2,3,4). The zero-order valence-corrected chi connectivity index (χ0v) is 11.4. The van der Waals surface area contributed by atoms with Gasteiger partial charge in [0.2, 0.25) is 0 Å². The zero-order valence-electron chi connectivity index (χ0n) is 9.59. The van der Waals surface area contributed by atoms with Crippen LogP contribution >= 0.6 is 15.6 Å². The highest BCUT2D eigenvalue weighted by Crippen LogP contribution is 2.37. The van der Waals surface area contributed by atoms with Gasteiger partial charge in [0.1, 0.15) is 5.75 Å². The summed E-state index contributed by atoms with van der Waals surface area (Å²) >= 11 is 0. The Morgan fingerprint density at radius 3 is 1.50 bits per heavy atom. The van der Waals surface area contributed by atoms with E-state index in [4.69, 9.17) is 29.0 Å². The zero-order chi connectivity index (χ0) is 14.6. The van der Waals surface area contributed by atoms with E-state index in [1.807, 2.05) is 19.9 Å². The number of phosphoric ester groups is 1. The van der Waals surface area contributed by atoms with E-state index in [9.17, 15) is 4.57 Å². The fraction of sp³-hybridized carbons (Fsp3) is 0.250. The van der Waals surface area contributed by atoms with Crippen molar-refractivity contribution in [1.82, 2.24) is 0 Å². The molecule has 0 saturated carbocycles. The van der Waals surface area contributed by atoms with Crippen molar-refractivity contribution >= 4 is 15.6 Å². The lowest BCUT2D eigenvalue weighted by atomic mass is 10.1. The third-order valence-electron chi connectivity index (χ3n) is 1.42. The monoisotopic (exact) mass is 300 g/mol. The van der Waals surface area contributed by atoms with E-state index in [1.54, 1.807) is 12.1 Å². The molecule has 104 valence electrons. The third-order valence-corrected chi connectivity index (χ3v) is 1.87. The molecule has 0 radical (unpaired) electrons. The molecule has 0 unspecified atom stereocenters. The lowest BCUT2D eigenvalue weighted by Gasteiger charge is -2.07. The maximum atomic E-state index is 10.5. The summed E-state index contributed by atoms with van der Waals surface area (Å²) in [5.41, 5.74) is 1.81. The molecular weight excluding hydrogens is 286 g/mol. The van der Waals surface area contributed by atoms with E-state index in [1.165, 1.54) is 0 Å². The average molecular weight is 300 g/mol. The Hall–Kier alpha value is -0.720. The maximum absolute atomic E-state index is 10.5. The molecule has 0 aliphatic carbocycles. The number of hydrogen-bond donors (Lipinski definition) is 5. The van der Waals surface area contributed by atoms with Crippen LogP contribution < -0.4 is 4.52 Å². The summed E-state index contributed by atoms with van der Waals surface area (Å²) in [6.07, 6.45) is 0. The molecule has 1 rings (SSSR count). The summed E-state index contributed by atoms with van der Waals surface area (Å²) in [7, 11) is -9.07. The Morgan fingerprint density at radius 1 is 0.889 bits per heavy atom. The Morgan fingerprint density at radius 2 is 1.22 bits per heavy atom. The second kappa shape index (κ2) is 6.45. The van der Waals surface area contributed by atoms with Gasteiger partial charge < -0.3 is 19.2 Å². The minimum atomic E-state index is -4.64. The van der Waals surface area contributed by atoms with E-state index in [0.717, 1.165) is 11.1 Å². The van der Waals surface area contributed by atoms with Gasteiger partial charge in [-0.15, -0.1) is 0 Å². The summed E-state index contributed by atoms with van der Waals surface area (Å²) in [4.78, 5) is 38.6. The lowest BCUT2D eigenvalue weighted by molar-refractivity contribution is 0.274. The van der Waals surface area contributed by atoms with E-state index in [2.05, 4.69) is 4.52 Å². The summed E-state index contributed by atoms with van der Waals surface area (Å²) < 4.78 is 23.8. The smallest absolute Gasteiger partial charge is 0.404 e. The van der Waals surface area contributed by atoms with E-state index < -0.39 is 15.6 Å². The Bertz CT molecular complexity index is 459. The first-order valence-electron chi connectivity index (χ1n) is 4.48. The Balaban J connectivity index is 0.000000494. The van der Waals surface area contributed by atoms with Crippen LogP contribution in [0.2, 0.25) is 0 Å². The van der Waals surface area contributed by atoms with Crippen LogP contribution in [0.1, 0.15) is 11.1 Å². The molecule has 10 heteroatoms. The SMILES string of the molecule is Cc1cc(C)cc(OP(=O)(O)O)c1.O=P(O)(O)O. The van der Waals surface area contributed by atoms with Gasteiger partial charge in [-0.2, -0.15) is 0 Å². The van der Waals surface area contributed by atoms with Crippen molar-refractivity contribution in [3.05, 3.63) is 29.3 Å². The lowest BCUT2D eigenvalue weighted by Crippen LogP contribution is -1.91. The number of rotatable bonds is 2. The molecule has 0 atom stereocenters. The first kappa shape index (κ1) is 17.3. The average Bonchev–Trinajstić information content (AvgIpc) is 1.92. The Kier molecular flexibility index (Phi) is 6.19. The largest absolute Gasteiger partial charge is 0.524 e. The van der Waals surface area contributed by atoms with Gasteiger partial charge in [0, 0.05) is 0 Å². The topological polar surface area (TPSA) is 145 Å². The van der Waals surface area contributed by atoms with Crippen LogP contribution in [-0.4, -0.2) is 24.5 Å². The predicted molar refractivity (Wildman–Crippen MR) is 62.9 cm³/mol. The van der Waals surface area contributed by atoms with Gasteiger partial charge in [-0.1, -0.05) is 6.07 Å². The number of hydrogen-bond acceptors (Lipinski definition) is 3. The second-order valence-electron chi connectivity index (χ2n) is 3.42. The van der Waals surface area contributed by atoms with Crippen molar-refractivity contribution in [3.8, 4) is 5.75 Å². The predicted octanol–water partition coefficient (Wildman–Crippen LogP) is 0.846. The molecule has 0 saturated heterocycles. The van der Waals surface area contributed by atoms with Crippen LogP contribution in [0.3, 0.4) is 0 Å². The van der Waals surface area contributed by atoms with Crippen molar-refractivity contribution in [2.24, 2.45) is 0 Å². The summed E-state index contributed by atoms with van der Waals surface area (Å²) in [5, 5.41) is 0. The van der Waals surface area contributed by atoms with Crippen LogP contribution in [0.15, 0.2) is 18.2 Å². The second-order valence-corrected chi connectivity index (χ2v) is 5.61. The first-order chi connectivity index (χ1) is 7.87. The highest BCUT2D eigenvalue weighted by atomic mass is 31.2. The molecule has 0 spiro atoms. The van der Waals surface area contributed by atoms with Crippen molar-refractivity contribution in [3.63, 3.8) is 0 Å². The van der Waals surface area contributed by atoms with E-state index in [-0.39, 0.29) is 5.75 Å². The van der Waals surface area contributed by atoms with Gasteiger partial charge in [-0.3, -0.25) is 9.79 Å². The van der Waals surface area contributed by atoms with Crippen molar-refractivity contribution in [1.29, 1.82) is 0 Å². The Labute approximate surface area is 103 Å². The summed E-state index contributed by atoms with van der Waals surface area (Å²) in [6, 6.07) is 5.05. The molecule has 18 heavy (non-hydrogen) atoms. The molecule has 0 aliphatic rings. The molecular formula is C8H14O8P2. The highest BCUT2D eigenvalue weighted by Gasteiger charge is 2.15. The van der Waals surface area contributed by atoms with Crippen molar-refractivity contribution in [2.75, 3.05) is 0 Å². The molecule has 1 aromatic rings. The number of phosphoric acid groups is 2. The molecule has 0 bridgehead atoms. The van der Waals surface area contributed by atoms with Gasteiger partial charge in [0.15, 0.2) is 0 Å². The van der Waals surface area contributed by atoms with Gasteiger partial charge in [-0.25, -0.2) is 9.13 Å². The first-order valence-corrected chi connectivity index (χ1v) is 7.58. The maximum Gasteiger partial charge on any atom is 0.524 e. The van der Waals surface area contributed by atoms with Crippen LogP contribution in [0, 0.1) is 13.8 Å². The fourth-order valence-electron chi connectivity index (χ4n) is 1.12. The molecule has 0 fully saturated rings. The summed E-state index contributed by atoms with van der Waals surface area (Å²) in [5.74, 6) is 0.200. The number of aryl methyl sites for hydroxylation is 2. The molecule has 0 heterocycles. The van der Waals surface area contributed by atoms with Crippen LogP contribution in [-0.2, 0) is 9.13 Å².